The molecular weight excluding hydrogens is 133 g/mol. The highest BCUT2D eigenvalue weighted by Crippen LogP contribution is 2.03. The molecule has 1 aromatic heterocycles. The van der Waals surface area contributed by atoms with Crippen molar-refractivity contribution in [2.75, 3.05) is 6.54 Å². The van der Waals surface area contributed by atoms with Gasteiger partial charge in [-0.1, -0.05) is 0 Å². The average Bonchev–Trinajstić information content (AvgIpc) is 2.20. The molecule has 0 spiro atoms. The number of nitrogens with zero attached hydrogens (tertiary/aromatic N) is 2. The second-order valence-corrected chi connectivity index (χ2v) is 2.12. The zero-order valence-electron chi connectivity index (χ0n) is 5.84. The van der Waals surface area contributed by atoms with Crippen molar-refractivity contribution in [3.63, 3.8) is 0 Å². The molecule has 0 radical (unpaired) electrons. The average molecular weight is 143 g/mol. The molecule has 0 aliphatic rings. The zero-order chi connectivity index (χ0) is 7.56. The van der Waals surface area contributed by atoms with Crippen molar-refractivity contribution < 1.29 is 4.39 Å². The van der Waals surface area contributed by atoms with Crippen LogP contribution in [0, 0.1) is 5.95 Å². The van der Waals surface area contributed by atoms with E-state index in [2.05, 4.69) is 5.10 Å². The van der Waals surface area contributed by atoms with Crippen LogP contribution in [0.15, 0.2) is 6.20 Å². The predicted octanol–water partition coefficient (Wildman–Crippen LogP) is 0.0604. The third kappa shape index (κ3) is 1.16. The van der Waals surface area contributed by atoms with Gasteiger partial charge in [0.25, 0.3) is 0 Å². The van der Waals surface area contributed by atoms with Crippen LogP contribution in [0.2, 0.25) is 0 Å². The maximum atomic E-state index is 12.8. The second-order valence-electron chi connectivity index (χ2n) is 2.12. The first-order valence-corrected chi connectivity index (χ1v) is 3.12. The number of nitrogens with two attached hydrogens (primary N) is 1. The molecule has 0 saturated heterocycles. The Morgan fingerprint density at radius 3 is 2.90 bits per heavy atom. The minimum absolute atomic E-state index is 0.287. The van der Waals surface area contributed by atoms with Crippen LogP contribution < -0.4 is 5.73 Å². The van der Waals surface area contributed by atoms with Gasteiger partial charge in [0.15, 0.2) is 0 Å². The Morgan fingerprint density at radius 2 is 2.50 bits per heavy atom. The standard InChI is InChI=1S/C6H10FN3/c1-10-6(7)5(2-3-8)4-9-10/h4H,2-3,8H2,1H3. The van der Waals surface area contributed by atoms with E-state index in [4.69, 9.17) is 5.73 Å². The first kappa shape index (κ1) is 7.21. The lowest BCUT2D eigenvalue weighted by Gasteiger charge is -1.92. The fourth-order valence-corrected chi connectivity index (χ4v) is 0.791. The fraction of sp³-hybridized carbons (Fsp3) is 0.500. The quantitative estimate of drug-likeness (QED) is 0.636. The van der Waals surface area contributed by atoms with Crippen LogP contribution >= 0.6 is 0 Å². The van der Waals surface area contributed by atoms with Gasteiger partial charge in [0.05, 0.1) is 6.20 Å². The topological polar surface area (TPSA) is 43.8 Å². The molecule has 0 aliphatic carbocycles. The van der Waals surface area contributed by atoms with Crippen LogP contribution in [0.3, 0.4) is 0 Å². The molecule has 0 bridgehead atoms. The summed E-state index contributed by atoms with van der Waals surface area (Å²) in [5, 5.41) is 3.72. The van der Waals surface area contributed by atoms with E-state index >= 15 is 0 Å². The number of aryl methyl sites for hydroxylation is 1. The molecule has 2 N–H and O–H groups in total. The third-order valence-electron chi connectivity index (χ3n) is 1.35. The largest absolute Gasteiger partial charge is 0.330 e. The Balaban J connectivity index is 2.83. The smallest absolute Gasteiger partial charge is 0.214 e. The van der Waals surface area contributed by atoms with E-state index in [-0.39, 0.29) is 5.95 Å². The molecule has 0 saturated carbocycles. The molecule has 0 fully saturated rings. The van der Waals surface area contributed by atoms with Crippen molar-refractivity contribution >= 4 is 0 Å². The van der Waals surface area contributed by atoms with Gasteiger partial charge in [-0.3, -0.25) is 0 Å². The van der Waals surface area contributed by atoms with E-state index < -0.39 is 0 Å². The molecule has 1 aromatic rings. The summed E-state index contributed by atoms with van der Waals surface area (Å²) in [6.45, 7) is 0.461. The molecule has 1 rings (SSSR count). The van der Waals surface area contributed by atoms with E-state index in [1.54, 1.807) is 7.05 Å². The Labute approximate surface area is 58.6 Å². The van der Waals surface area contributed by atoms with Gasteiger partial charge >= 0.3 is 0 Å². The molecule has 0 unspecified atom stereocenters. The summed E-state index contributed by atoms with van der Waals surface area (Å²) < 4.78 is 14.0. The van der Waals surface area contributed by atoms with E-state index in [1.807, 2.05) is 0 Å². The van der Waals surface area contributed by atoms with Crippen LogP contribution in [0.25, 0.3) is 0 Å². The van der Waals surface area contributed by atoms with Crippen molar-refractivity contribution in [1.82, 2.24) is 9.78 Å². The number of hydrogen-bond donors (Lipinski definition) is 1. The van der Waals surface area contributed by atoms with Gasteiger partial charge in [-0.05, 0) is 13.0 Å². The molecule has 4 heteroatoms. The van der Waals surface area contributed by atoms with Gasteiger partial charge in [0, 0.05) is 12.6 Å². The number of rotatable bonds is 2. The molecule has 10 heavy (non-hydrogen) atoms. The Morgan fingerprint density at radius 1 is 1.80 bits per heavy atom. The van der Waals surface area contributed by atoms with Crippen molar-refractivity contribution in [2.45, 2.75) is 6.42 Å². The van der Waals surface area contributed by atoms with E-state index in [0.29, 0.717) is 18.5 Å². The molecule has 56 valence electrons. The molecule has 1 heterocycles. The summed E-state index contributed by atoms with van der Waals surface area (Å²) >= 11 is 0. The van der Waals surface area contributed by atoms with E-state index in [1.165, 1.54) is 10.9 Å². The minimum Gasteiger partial charge on any atom is -0.330 e. The van der Waals surface area contributed by atoms with Crippen LogP contribution in [0.4, 0.5) is 4.39 Å². The summed E-state index contributed by atoms with van der Waals surface area (Å²) in [4.78, 5) is 0. The van der Waals surface area contributed by atoms with Gasteiger partial charge in [0.1, 0.15) is 0 Å². The highest BCUT2D eigenvalue weighted by atomic mass is 19.1. The first-order chi connectivity index (χ1) is 4.75. The number of hydrogen-bond acceptors (Lipinski definition) is 2. The van der Waals surface area contributed by atoms with Crippen molar-refractivity contribution in [1.29, 1.82) is 0 Å². The molecule has 0 atom stereocenters. The lowest BCUT2D eigenvalue weighted by atomic mass is 10.2. The lowest BCUT2D eigenvalue weighted by Crippen LogP contribution is -2.04. The summed E-state index contributed by atoms with van der Waals surface area (Å²) in [6.07, 6.45) is 2.06. The van der Waals surface area contributed by atoms with Crippen LogP contribution in [0.5, 0.6) is 0 Å². The van der Waals surface area contributed by atoms with Gasteiger partial charge in [-0.2, -0.15) is 9.49 Å². The maximum Gasteiger partial charge on any atom is 0.214 e. The predicted molar refractivity (Wildman–Crippen MR) is 35.9 cm³/mol. The monoisotopic (exact) mass is 143 g/mol. The third-order valence-corrected chi connectivity index (χ3v) is 1.35. The summed E-state index contributed by atoms with van der Waals surface area (Å²) in [6, 6.07) is 0. The highest BCUT2D eigenvalue weighted by molar-refractivity contribution is 5.06. The fourth-order valence-electron chi connectivity index (χ4n) is 0.791. The summed E-state index contributed by atoms with van der Waals surface area (Å²) in [5.41, 5.74) is 5.82. The van der Waals surface area contributed by atoms with Gasteiger partial charge in [0.2, 0.25) is 5.95 Å². The lowest BCUT2D eigenvalue weighted by molar-refractivity contribution is 0.495. The van der Waals surface area contributed by atoms with E-state index in [9.17, 15) is 4.39 Å². The summed E-state index contributed by atoms with van der Waals surface area (Å²) in [5.74, 6) is -0.287. The van der Waals surface area contributed by atoms with Crippen LogP contribution in [0.1, 0.15) is 5.56 Å². The Hall–Kier alpha value is -0.900. The number of aromatic nitrogens is 2. The normalized spacial score (nSPS) is 10.3. The molecular formula is C6H10FN3. The van der Waals surface area contributed by atoms with Crippen LogP contribution in [-0.4, -0.2) is 16.3 Å². The molecule has 3 nitrogen and oxygen atoms in total. The summed E-state index contributed by atoms with van der Waals surface area (Å²) in [7, 11) is 1.56. The Bertz CT molecular complexity index is 219. The SMILES string of the molecule is Cn1ncc(CCN)c1F. The van der Waals surface area contributed by atoms with E-state index in [0.717, 1.165) is 0 Å². The minimum atomic E-state index is -0.287. The molecule has 0 amide bonds. The van der Waals surface area contributed by atoms with Crippen molar-refractivity contribution in [3.05, 3.63) is 17.7 Å². The van der Waals surface area contributed by atoms with Gasteiger partial charge < -0.3 is 5.73 Å². The Kier molecular flexibility index (Phi) is 2.01. The van der Waals surface area contributed by atoms with Crippen molar-refractivity contribution in [3.8, 4) is 0 Å². The van der Waals surface area contributed by atoms with Crippen LogP contribution in [-0.2, 0) is 13.5 Å². The van der Waals surface area contributed by atoms with Gasteiger partial charge in [-0.25, -0.2) is 4.68 Å². The zero-order valence-corrected chi connectivity index (χ0v) is 5.84. The molecule has 0 aliphatic heterocycles. The second kappa shape index (κ2) is 2.79. The highest BCUT2D eigenvalue weighted by Gasteiger charge is 2.04. The molecule has 0 aromatic carbocycles. The van der Waals surface area contributed by atoms with Crippen molar-refractivity contribution in [2.24, 2.45) is 12.8 Å². The van der Waals surface area contributed by atoms with Gasteiger partial charge in [-0.15, -0.1) is 0 Å². The number of halogens is 1. The first-order valence-electron chi connectivity index (χ1n) is 3.12. The maximum absolute atomic E-state index is 12.8.